The molecule has 1 aromatic carbocycles. The third kappa shape index (κ3) is 6.19. The molecule has 0 radical (unpaired) electrons. The predicted octanol–water partition coefficient (Wildman–Crippen LogP) is 0.926. The van der Waals surface area contributed by atoms with Gasteiger partial charge >= 0.3 is 11.8 Å². The molecule has 4 amide bonds. The minimum absolute atomic E-state index is 0.0236. The van der Waals surface area contributed by atoms with Gasteiger partial charge in [-0.25, -0.2) is 0 Å². The van der Waals surface area contributed by atoms with E-state index < -0.39 is 11.8 Å². The summed E-state index contributed by atoms with van der Waals surface area (Å²) < 4.78 is 5.76. The van der Waals surface area contributed by atoms with Crippen molar-refractivity contribution >= 4 is 29.3 Å². The summed E-state index contributed by atoms with van der Waals surface area (Å²) in [5, 5.41) is 5.44. The quantitative estimate of drug-likeness (QED) is 0.516. The second kappa shape index (κ2) is 10.3. The van der Waals surface area contributed by atoms with E-state index in [1.54, 1.807) is 18.7 Å². The summed E-state index contributed by atoms with van der Waals surface area (Å²) >= 11 is 0. The van der Waals surface area contributed by atoms with Crippen molar-refractivity contribution in [1.29, 1.82) is 0 Å². The van der Waals surface area contributed by atoms with Crippen molar-refractivity contribution in [2.24, 2.45) is 0 Å². The fourth-order valence-corrected chi connectivity index (χ4v) is 3.65. The Labute approximate surface area is 182 Å². The molecule has 1 saturated heterocycles. The van der Waals surface area contributed by atoms with Crippen LogP contribution in [0.2, 0.25) is 0 Å². The lowest BCUT2D eigenvalue weighted by molar-refractivity contribution is -0.148. The molecule has 168 valence electrons. The van der Waals surface area contributed by atoms with Gasteiger partial charge in [0.05, 0.1) is 6.61 Å². The molecule has 1 fully saturated rings. The fourth-order valence-electron chi connectivity index (χ4n) is 3.65. The van der Waals surface area contributed by atoms with Crippen molar-refractivity contribution in [1.82, 2.24) is 15.1 Å². The van der Waals surface area contributed by atoms with Crippen molar-refractivity contribution in [3.05, 3.63) is 23.8 Å². The van der Waals surface area contributed by atoms with Gasteiger partial charge in [-0.05, 0) is 50.5 Å². The molecule has 2 aliphatic heterocycles. The lowest BCUT2D eigenvalue weighted by Crippen LogP contribution is -2.54. The lowest BCUT2D eigenvalue weighted by Gasteiger charge is -2.34. The first-order valence-electron chi connectivity index (χ1n) is 10.8. The number of carbonyl (C=O) groups is 4. The number of nitrogens with zero attached hydrogens (tertiary/aromatic N) is 2. The highest BCUT2D eigenvalue weighted by molar-refractivity contribution is 6.35. The van der Waals surface area contributed by atoms with Crippen molar-refractivity contribution in [2.75, 3.05) is 38.1 Å². The molecule has 0 bridgehead atoms. The van der Waals surface area contributed by atoms with E-state index in [0.717, 1.165) is 17.0 Å². The number of carbonyl (C=O) groups excluding carboxylic acids is 4. The van der Waals surface area contributed by atoms with Gasteiger partial charge in [-0.1, -0.05) is 0 Å². The SMILES string of the molecule is CC(C)NC(=O)C(=O)N1CCN(C(=O)CCCOc2ccc3c(c2)CCC(=O)N3)CC1. The maximum absolute atomic E-state index is 12.4. The topological polar surface area (TPSA) is 108 Å². The molecule has 9 heteroatoms. The molecule has 2 N–H and O–H groups in total. The number of benzene rings is 1. The number of piperazine rings is 1. The second-order valence-electron chi connectivity index (χ2n) is 8.12. The number of anilines is 1. The monoisotopic (exact) mass is 430 g/mol. The summed E-state index contributed by atoms with van der Waals surface area (Å²) in [7, 11) is 0. The third-order valence-electron chi connectivity index (χ3n) is 5.31. The Balaban J connectivity index is 1.36. The van der Waals surface area contributed by atoms with Gasteiger partial charge in [-0.2, -0.15) is 0 Å². The normalized spacial score (nSPS) is 15.9. The third-order valence-corrected chi connectivity index (χ3v) is 5.31. The Bertz CT molecular complexity index is 846. The standard InChI is InChI=1S/C22H30N4O5/c1-15(2)23-21(29)22(30)26-11-9-25(10-12-26)20(28)4-3-13-31-17-6-7-18-16(14-17)5-8-19(27)24-18/h6-7,14-15H,3-5,8-13H2,1-2H3,(H,23,29)(H,24,27). The number of rotatable bonds is 6. The van der Waals surface area contributed by atoms with Crippen LogP contribution in [0.4, 0.5) is 5.69 Å². The van der Waals surface area contributed by atoms with Crippen LogP contribution in [0.15, 0.2) is 18.2 Å². The van der Waals surface area contributed by atoms with Crippen LogP contribution in [0.3, 0.4) is 0 Å². The molecule has 0 aliphatic carbocycles. The van der Waals surface area contributed by atoms with Crippen LogP contribution < -0.4 is 15.4 Å². The van der Waals surface area contributed by atoms with Crippen LogP contribution in [-0.4, -0.2) is 72.3 Å². The first kappa shape index (κ1) is 22.6. The molecule has 0 saturated carbocycles. The van der Waals surface area contributed by atoms with Crippen LogP contribution in [-0.2, 0) is 25.6 Å². The maximum atomic E-state index is 12.4. The molecule has 9 nitrogen and oxygen atoms in total. The number of aryl methyl sites for hydroxylation is 1. The highest BCUT2D eigenvalue weighted by Gasteiger charge is 2.27. The average Bonchev–Trinajstić information content (AvgIpc) is 2.75. The lowest BCUT2D eigenvalue weighted by atomic mass is 10.0. The molecule has 31 heavy (non-hydrogen) atoms. The zero-order valence-electron chi connectivity index (χ0n) is 18.1. The summed E-state index contributed by atoms with van der Waals surface area (Å²) in [6.07, 6.45) is 2.13. The Hall–Kier alpha value is -3.10. The van der Waals surface area contributed by atoms with Crippen LogP contribution in [0, 0.1) is 0 Å². The van der Waals surface area contributed by atoms with E-state index in [1.165, 1.54) is 4.90 Å². The molecular weight excluding hydrogens is 400 g/mol. The highest BCUT2D eigenvalue weighted by atomic mass is 16.5. The molecule has 0 spiro atoms. The summed E-state index contributed by atoms with van der Waals surface area (Å²) in [5.74, 6) is -0.358. The molecular formula is C22H30N4O5. The Morgan fingerprint density at radius 3 is 2.52 bits per heavy atom. The Morgan fingerprint density at radius 1 is 1.10 bits per heavy atom. The smallest absolute Gasteiger partial charge is 0.312 e. The van der Waals surface area contributed by atoms with E-state index in [9.17, 15) is 19.2 Å². The molecule has 0 atom stereocenters. The van der Waals surface area contributed by atoms with Gasteiger partial charge in [0.2, 0.25) is 11.8 Å². The number of fused-ring (bicyclic) bond motifs is 1. The number of hydrogen-bond donors (Lipinski definition) is 2. The zero-order valence-corrected chi connectivity index (χ0v) is 18.1. The van der Waals surface area contributed by atoms with E-state index in [1.807, 2.05) is 18.2 Å². The largest absolute Gasteiger partial charge is 0.494 e. The summed E-state index contributed by atoms with van der Waals surface area (Å²) in [6.45, 7) is 5.60. The van der Waals surface area contributed by atoms with Gasteiger partial charge in [-0.15, -0.1) is 0 Å². The zero-order chi connectivity index (χ0) is 22.4. The van der Waals surface area contributed by atoms with E-state index in [-0.39, 0.29) is 17.9 Å². The van der Waals surface area contributed by atoms with Gasteiger partial charge in [0.25, 0.3) is 0 Å². The minimum atomic E-state index is -0.600. The molecule has 1 aromatic rings. The first-order valence-corrected chi connectivity index (χ1v) is 10.8. The second-order valence-corrected chi connectivity index (χ2v) is 8.12. The maximum Gasteiger partial charge on any atom is 0.312 e. The van der Waals surface area contributed by atoms with Gasteiger partial charge < -0.3 is 25.2 Å². The Kier molecular flexibility index (Phi) is 7.49. The van der Waals surface area contributed by atoms with Crippen LogP contribution in [0.5, 0.6) is 5.75 Å². The van der Waals surface area contributed by atoms with Crippen LogP contribution in [0.25, 0.3) is 0 Å². The van der Waals surface area contributed by atoms with Crippen molar-refractivity contribution in [3.8, 4) is 5.75 Å². The van der Waals surface area contributed by atoms with E-state index in [4.69, 9.17) is 4.74 Å². The van der Waals surface area contributed by atoms with Crippen LogP contribution in [0.1, 0.15) is 38.7 Å². The first-order chi connectivity index (χ1) is 14.8. The summed E-state index contributed by atoms with van der Waals surface area (Å²) in [4.78, 5) is 51.0. The van der Waals surface area contributed by atoms with Crippen LogP contribution >= 0.6 is 0 Å². The van der Waals surface area contributed by atoms with Crippen molar-refractivity contribution in [3.63, 3.8) is 0 Å². The molecule has 2 aliphatic rings. The highest BCUT2D eigenvalue weighted by Crippen LogP contribution is 2.26. The van der Waals surface area contributed by atoms with Gasteiger partial charge in [0.1, 0.15) is 5.75 Å². The molecule has 0 unspecified atom stereocenters. The number of nitrogens with one attached hydrogen (secondary N) is 2. The van der Waals surface area contributed by atoms with Crippen molar-refractivity contribution < 1.29 is 23.9 Å². The summed E-state index contributed by atoms with van der Waals surface area (Å²) in [5.41, 5.74) is 1.89. The summed E-state index contributed by atoms with van der Waals surface area (Å²) in [6, 6.07) is 5.50. The fraction of sp³-hybridized carbons (Fsp3) is 0.545. The number of hydrogen-bond acceptors (Lipinski definition) is 5. The molecule has 2 heterocycles. The minimum Gasteiger partial charge on any atom is -0.494 e. The predicted molar refractivity (Wildman–Crippen MR) is 115 cm³/mol. The molecule has 0 aromatic heterocycles. The molecule has 3 rings (SSSR count). The van der Waals surface area contributed by atoms with Crippen molar-refractivity contribution in [2.45, 2.75) is 45.6 Å². The van der Waals surface area contributed by atoms with E-state index in [2.05, 4.69) is 10.6 Å². The van der Waals surface area contributed by atoms with Gasteiger partial charge in [0.15, 0.2) is 0 Å². The number of amides is 4. The van der Waals surface area contributed by atoms with Gasteiger partial charge in [0, 0.05) is 50.7 Å². The van der Waals surface area contributed by atoms with Gasteiger partial charge in [-0.3, -0.25) is 19.2 Å². The number of ether oxygens (including phenoxy) is 1. The Morgan fingerprint density at radius 2 is 1.81 bits per heavy atom. The van der Waals surface area contributed by atoms with E-state index >= 15 is 0 Å². The van der Waals surface area contributed by atoms with E-state index in [0.29, 0.717) is 58.5 Å². The average molecular weight is 431 g/mol.